The molecular formula is C11H5F5N2O. The van der Waals surface area contributed by atoms with Gasteiger partial charge in [0.1, 0.15) is 0 Å². The van der Waals surface area contributed by atoms with E-state index < -0.39 is 34.9 Å². The number of nitrogens with one attached hydrogen (secondary N) is 1. The molecule has 0 aliphatic rings. The molecule has 1 aromatic heterocycles. The van der Waals surface area contributed by atoms with Crippen molar-refractivity contribution >= 4 is 0 Å². The van der Waals surface area contributed by atoms with Crippen LogP contribution in [-0.4, -0.2) is 9.97 Å². The monoisotopic (exact) mass is 276 g/mol. The highest BCUT2D eigenvalue weighted by Gasteiger charge is 2.34. The number of hydrogen-bond acceptors (Lipinski definition) is 2. The molecule has 19 heavy (non-hydrogen) atoms. The second-order valence-corrected chi connectivity index (χ2v) is 3.61. The van der Waals surface area contributed by atoms with E-state index in [0.717, 1.165) is 18.2 Å². The number of rotatable bonds is 1. The van der Waals surface area contributed by atoms with Crippen LogP contribution in [-0.2, 0) is 6.18 Å². The summed E-state index contributed by atoms with van der Waals surface area (Å²) in [6.45, 7) is 0. The van der Waals surface area contributed by atoms with Crippen molar-refractivity contribution in [3.05, 3.63) is 52.1 Å². The highest BCUT2D eigenvalue weighted by molar-refractivity contribution is 5.58. The zero-order valence-corrected chi connectivity index (χ0v) is 9.05. The van der Waals surface area contributed by atoms with E-state index in [-0.39, 0.29) is 5.56 Å². The molecule has 1 heterocycles. The summed E-state index contributed by atoms with van der Waals surface area (Å²) in [4.78, 5) is 15.8. The van der Waals surface area contributed by atoms with Gasteiger partial charge >= 0.3 is 6.18 Å². The average Bonchev–Trinajstić information content (AvgIpc) is 2.31. The summed E-state index contributed by atoms with van der Waals surface area (Å²) in [6.07, 6.45) is -4.84. The number of alkyl halides is 3. The summed E-state index contributed by atoms with van der Waals surface area (Å²) < 4.78 is 63.0. The zero-order valence-electron chi connectivity index (χ0n) is 9.05. The van der Waals surface area contributed by atoms with Gasteiger partial charge in [-0.2, -0.15) is 13.2 Å². The molecule has 8 heteroatoms. The average molecular weight is 276 g/mol. The maximum Gasteiger partial charge on any atom is 0.449 e. The molecule has 0 fully saturated rings. The van der Waals surface area contributed by atoms with Gasteiger partial charge in [-0.1, -0.05) is 0 Å². The van der Waals surface area contributed by atoms with Gasteiger partial charge in [0.15, 0.2) is 11.6 Å². The lowest BCUT2D eigenvalue weighted by molar-refractivity contribution is -0.145. The van der Waals surface area contributed by atoms with Crippen LogP contribution in [0.1, 0.15) is 5.82 Å². The van der Waals surface area contributed by atoms with Gasteiger partial charge in [-0.15, -0.1) is 0 Å². The number of aromatic amines is 1. The minimum absolute atomic E-state index is 0.129. The predicted octanol–water partition coefficient (Wildman–Crippen LogP) is 2.73. The van der Waals surface area contributed by atoms with Gasteiger partial charge in [-0.25, -0.2) is 13.8 Å². The Morgan fingerprint density at radius 2 is 1.74 bits per heavy atom. The second kappa shape index (κ2) is 4.45. The Morgan fingerprint density at radius 1 is 1.05 bits per heavy atom. The van der Waals surface area contributed by atoms with E-state index in [4.69, 9.17) is 0 Å². The Balaban J connectivity index is 2.59. The zero-order chi connectivity index (χ0) is 14.2. The fourth-order valence-electron chi connectivity index (χ4n) is 1.40. The summed E-state index contributed by atoms with van der Waals surface area (Å²) in [6, 6.07) is 3.19. The lowest BCUT2D eigenvalue weighted by Gasteiger charge is -2.07. The van der Waals surface area contributed by atoms with Crippen LogP contribution in [0.5, 0.6) is 0 Å². The molecule has 0 aliphatic heterocycles. The number of aromatic nitrogens is 2. The Morgan fingerprint density at radius 3 is 2.32 bits per heavy atom. The van der Waals surface area contributed by atoms with Gasteiger partial charge in [0.05, 0.1) is 5.69 Å². The third kappa shape index (κ3) is 2.78. The molecule has 0 spiro atoms. The van der Waals surface area contributed by atoms with Crippen molar-refractivity contribution in [3.8, 4) is 11.3 Å². The van der Waals surface area contributed by atoms with E-state index in [1.54, 1.807) is 0 Å². The second-order valence-electron chi connectivity index (χ2n) is 3.61. The maximum atomic E-state index is 13.0. The molecule has 0 radical (unpaired) electrons. The van der Waals surface area contributed by atoms with Crippen molar-refractivity contribution in [1.29, 1.82) is 0 Å². The standard InChI is InChI=1S/C11H5F5N2O/c12-6-2-1-5(3-7(6)13)8-4-9(19)18-10(17-8)11(14,15)16/h1-4H,(H,17,18,19). The number of benzene rings is 1. The third-order valence-corrected chi connectivity index (χ3v) is 2.23. The summed E-state index contributed by atoms with van der Waals surface area (Å²) in [5, 5.41) is 0. The van der Waals surface area contributed by atoms with Crippen molar-refractivity contribution in [2.45, 2.75) is 6.18 Å². The highest BCUT2D eigenvalue weighted by atomic mass is 19.4. The smallest absolute Gasteiger partial charge is 0.303 e. The minimum atomic E-state index is -4.84. The maximum absolute atomic E-state index is 13.0. The lowest BCUT2D eigenvalue weighted by atomic mass is 10.1. The van der Waals surface area contributed by atoms with E-state index in [1.807, 2.05) is 0 Å². The SMILES string of the molecule is O=c1cc(-c2ccc(F)c(F)c2)nc(C(F)(F)F)[nH]1. The van der Waals surface area contributed by atoms with E-state index in [9.17, 15) is 26.7 Å². The van der Waals surface area contributed by atoms with Crippen LogP contribution in [0, 0.1) is 11.6 Å². The molecule has 0 saturated carbocycles. The lowest BCUT2D eigenvalue weighted by Crippen LogP contribution is -2.18. The molecule has 0 amide bonds. The van der Waals surface area contributed by atoms with E-state index in [0.29, 0.717) is 6.07 Å². The van der Waals surface area contributed by atoms with Crippen LogP contribution in [0.3, 0.4) is 0 Å². The first-order valence-corrected chi connectivity index (χ1v) is 4.91. The number of H-pyrrole nitrogens is 1. The first-order chi connectivity index (χ1) is 8.77. The van der Waals surface area contributed by atoms with Gasteiger partial charge in [-0.05, 0) is 18.2 Å². The summed E-state index contributed by atoms with van der Waals surface area (Å²) in [5.74, 6) is -3.89. The molecule has 0 bridgehead atoms. The normalized spacial score (nSPS) is 11.6. The Kier molecular flexibility index (Phi) is 3.09. The van der Waals surface area contributed by atoms with E-state index in [2.05, 4.69) is 4.98 Å². The molecule has 3 nitrogen and oxygen atoms in total. The van der Waals surface area contributed by atoms with Crippen molar-refractivity contribution in [2.24, 2.45) is 0 Å². The predicted molar refractivity (Wildman–Crippen MR) is 55.2 cm³/mol. The molecule has 0 aliphatic carbocycles. The first-order valence-electron chi connectivity index (χ1n) is 4.91. The van der Waals surface area contributed by atoms with Gasteiger partial charge in [0.25, 0.3) is 5.56 Å². The van der Waals surface area contributed by atoms with Crippen LogP contribution in [0.25, 0.3) is 11.3 Å². The molecule has 0 unspecified atom stereocenters. The molecule has 100 valence electrons. The Hall–Kier alpha value is -2.25. The largest absolute Gasteiger partial charge is 0.449 e. The molecule has 2 aromatic rings. The van der Waals surface area contributed by atoms with Gasteiger partial charge in [0.2, 0.25) is 5.82 Å². The number of hydrogen-bond donors (Lipinski definition) is 1. The molecule has 1 N–H and O–H groups in total. The quantitative estimate of drug-likeness (QED) is 0.814. The molecule has 0 atom stereocenters. The van der Waals surface area contributed by atoms with Crippen LogP contribution in [0.2, 0.25) is 0 Å². The summed E-state index contributed by atoms with van der Waals surface area (Å²) in [7, 11) is 0. The molecular weight excluding hydrogens is 271 g/mol. The van der Waals surface area contributed by atoms with Gasteiger partial charge in [-0.3, -0.25) is 4.79 Å². The Labute approximate surface area is 102 Å². The van der Waals surface area contributed by atoms with Crippen LogP contribution in [0.15, 0.2) is 29.1 Å². The molecule has 1 aromatic carbocycles. The van der Waals surface area contributed by atoms with Crippen LogP contribution in [0.4, 0.5) is 22.0 Å². The van der Waals surface area contributed by atoms with Gasteiger partial charge in [0, 0.05) is 11.6 Å². The molecule has 2 rings (SSSR count). The Bertz CT molecular complexity index is 678. The van der Waals surface area contributed by atoms with Crippen LogP contribution < -0.4 is 5.56 Å². The number of nitrogens with zero attached hydrogens (tertiary/aromatic N) is 1. The summed E-state index contributed by atoms with van der Waals surface area (Å²) >= 11 is 0. The number of halogens is 5. The van der Waals surface area contributed by atoms with Crippen molar-refractivity contribution in [1.82, 2.24) is 9.97 Å². The van der Waals surface area contributed by atoms with Crippen molar-refractivity contribution < 1.29 is 22.0 Å². The first kappa shape index (κ1) is 13.2. The summed E-state index contributed by atoms with van der Waals surface area (Å²) in [5.41, 5.74) is -1.56. The third-order valence-electron chi connectivity index (χ3n) is 2.23. The molecule has 0 saturated heterocycles. The van der Waals surface area contributed by atoms with Crippen LogP contribution >= 0.6 is 0 Å². The highest BCUT2D eigenvalue weighted by Crippen LogP contribution is 2.27. The minimum Gasteiger partial charge on any atom is -0.303 e. The fraction of sp³-hybridized carbons (Fsp3) is 0.0909. The van der Waals surface area contributed by atoms with E-state index >= 15 is 0 Å². The van der Waals surface area contributed by atoms with E-state index in [1.165, 1.54) is 4.98 Å². The topological polar surface area (TPSA) is 45.8 Å². The fourth-order valence-corrected chi connectivity index (χ4v) is 1.40. The van der Waals surface area contributed by atoms with Gasteiger partial charge < -0.3 is 4.98 Å². The van der Waals surface area contributed by atoms with Crippen molar-refractivity contribution in [2.75, 3.05) is 0 Å². The van der Waals surface area contributed by atoms with Crippen molar-refractivity contribution in [3.63, 3.8) is 0 Å².